The van der Waals surface area contributed by atoms with Crippen molar-refractivity contribution in [1.29, 1.82) is 0 Å². The van der Waals surface area contributed by atoms with Crippen LogP contribution in [0.5, 0.6) is 0 Å². The van der Waals surface area contributed by atoms with Crippen molar-refractivity contribution >= 4 is 108 Å². The summed E-state index contributed by atoms with van der Waals surface area (Å²) in [4.78, 5) is 37.9. The van der Waals surface area contributed by atoms with E-state index in [1.54, 1.807) is 7.05 Å². The molecule has 0 bridgehead atoms. The first kappa shape index (κ1) is 20.9. The van der Waals surface area contributed by atoms with Crippen molar-refractivity contribution in [2.24, 2.45) is 0 Å². The van der Waals surface area contributed by atoms with E-state index in [0.717, 1.165) is 0 Å². The molecule has 2 N–H and O–H groups in total. The van der Waals surface area contributed by atoms with Crippen LogP contribution in [0.15, 0.2) is 0 Å². The maximum absolute atomic E-state index is 13.0. The van der Waals surface area contributed by atoms with Gasteiger partial charge in [-0.15, -0.1) is 0 Å². The van der Waals surface area contributed by atoms with E-state index in [9.17, 15) is 19.5 Å². The summed E-state index contributed by atoms with van der Waals surface area (Å²) in [7, 11) is 1.56. The minimum absolute atomic E-state index is 0.205. The van der Waals surface area contributed by atoms with Crippen LogP contribution in [0.3, 0.4) is 0 Å². The molecular formula is C14H12I4N2O4. The van der Waals surface area contributed by atoms with Gasteiger partial charge in [-0.3, -0.25) is 9.59 Å². The predicted octanol–water partition coefficient (Wildman–Crippen LogP) is 3.15. The maximum Gasteiger partial charge on any atom is 0.326 e. The summed E-state index contributed by atoms with van der Waals surface area (Å²) >= 11 is 8.24. The minimum atomic E-state index is -0.975. The zero-order chi connectivity index (χ0) is 18.2. The monoisotopic (exact) mass is 780 g/mol. The van der Waals surface area contributed by atoms with Crippen LogP contribution in [-0.2, 0) is 4.79 Å². The molecule has 1 aliphatic heterocycles. The summed E-state index contributed by atoms with van der Waals surface area (Å²) in [6.07, 6.45) is 1.15. The average molecular weight is 780 g/mol. The number of benzene rings is 1. The molecule has 0 aromatic heterocycles. The summed E-state index contributed by atoms with van der Waals surface area (Å²) in [5.74, 6) is -1.46. The van der Waals surface area contributed by atoms with Gasteiger partial charge in [0, 0.05) is 27.9 Å². The molecule has 1 atom stereocenters. The number of nitrogens with one attached hydrogen (secondary N) is 1. The number of amides is 2. The zero-order valence-electron chi connectivity index (χ0n) is 12.3. The fourth-order valence-corrected chi connectivity index (χ4v) is 6.69. The molecule has 1 aliphatic rings. The van der Waals surface area contributed by atoms with E-state index < -0.39 is 12.0 Å². The number of carboxylic acid groups (broad SMARTS) is 1. The van der Waals surface area contributed by atoms with Crippen LogP contribution in [0.1, 0.15) is 33.6 Å². The molecule has 10 heteroatoms. The molecule has 0 saturated carbocycles. The standard InChI is InChI=1S/C14H12I4N2O4/c1-19-12(21)6-8(15)10(17)7(11(18)9(6)16)13(22)20-4-2-3-5(20)14(23)24/h5H,2-4H2,1H3,(H,19,21)(H,23,24)/t5-/m0/s1. The van der Waals surface area contributed by atoms with E-state index >= 15 is 0 Å². The SMILES string of the molecule is CNC(=O)c1c(I)c(I)c(C(=O)N2CCC[C@H]2C(=O)O)c(I)c1I. The van der Waals surface area contributed by atoms with E-state index in [2.05, 4.69) is 95.7 Å². The lowest BCUT2D eigenvalue weighted by Crippen LogP contribution is -2.41. The molecule has 1 fully saturated rings. The van der Waals surface area contributed by atoms with Crippen LogP contribution in [0, 0.1) is 14.3 Å². The highest BCUT2D eigenvalue weighted by Crippen LogP contribution is 2.34. The molecule has 0 aliphatic carbocycles. The number of halogens is 4. The highest BCUT2D eigenvalue weighted by atomic mass is 127. The topological polar surface area (TPSA) is 86.7 Å². The molecule has 1 aromatic rings. The van der Waals surface area contributed by atoms with Gasteiger partial charge in [-0.1, -0.05) is 0 Å². The van der Waals surface area contributed by atoms with Gasteiger partial charge in [-0.2, -0.15) is 0 Å². The number of hydrogen-bond donors (Lipinski definition) is 2. The van der Waals surface area contributed by atoms with Gasteiger partial charge in [0.2, 0.25) is 0 Å². The third kappa shape index (κ3) is 3.79. The Kier molecular flexibility index (Phi) is 7.38. The summed E-state index contributed by atoms with van der Waals surface area (Å²) in [6.45, 7) is 0.437. The predicted molar refractivity (Wildman–Crippen MR) is 122 cm³/mol. The number of likely N-dealkylation sites (tertiary alicyclic amines) is 1. The molecule has 0 spiro atoms. The Balaban J connectivity index is 2.58. The molecule has 2 amide bonds. The molecule has 24 heavy (non-hydrogen) atoms. The van der Waals surface area contributed by atoms with Crippen LogP contribution in [0.4, 0.5) is 0 Å². The van der Waals surface area contributed by atoms with Crippen molar-refractivity contribution in [2.75, 3.05) is 13.6 Å². The first-order valence-corrected chi connectivity index (χ1v) is 11.2. The molecule has 6 nitrogen and oxygen atoms in total. The third-order valence-electron chi connectivity index (χ3n) is 3.73. The molecule has 2 rings (SSSR count). The Morgan fingerprint density at radius 2 is 1.54 bits per heavy atom. The second-order valence-corrected chi connectivity index (χ2v) is 9.39. The molecule has 1 saturated heterocycles. The highest BCUT2D eigenvalue weighted by molar-refractivity contribution is 14.1. The van der Waals surface area contributed by atoms with Gasteiger partial charge in [0.25, 0.3) is 11.8 Å². The van der Waals surface area contributed by atoms with Gasteiger partial charge < -0.3 is 15.3 Å². The lowest BCUT2D eigenvalue weighted by atomic mass is 10.1. The first-order valence-electron chi connectivity index (χ1n) is 6.84. The fraction of sp³-hybridized carbons (Fsp3) is 0.357. The maximum atomic E-state index is 13.0. The van der Waals surface area contributed by atoms with Crippen molar-refractivity contribution in [1.82, 2.24) is 10.2 Å². The Morgan fingerprint density at radius 1 is 1.04 bits per heavy atom. The average Bonchev–Trinajstić information content (AvgIpc) is 3.02. The Hall–Kier alpha value is 0.550. The second kappa shape index (κ2) is 8.49. The van der Waals surface area contributed by atoms with E-state index in [0.29, 0.717) is 44.8 Å². The number of nitrogens with zero attached hydrogens (tertiary/aromatic N) is 1. The van der Waals surface area contributed by atoms with Gasteiger partial charge in [0.1, 0.15) is 6.04 Å². The third-order valence-corrected chi connectivity index (χ3v) is 10.1. The number of aliphatic carboxylic acids is 1. The molecule has 1 aromatic carbocycles. The Bertz CT molecular complexity index is 709. The van der Waals surface area contributed by atoms with Crippen LogP contribution in [0.2, 0.25) is 0 Å². The van der Waals surface area contributed by atoms with Crippen molar-refractivity contribution < 1.29 is 19.5 Å². The number of carbonyl (C=O) groups is 3. The number of carbonyl (C=O) groups excluding carboxylic acids is 2. The Morgan fingerprint density at radius 3 is 2.00 bits per heavy atom. The second-order valence-electron chi connectivity index (χ2n) is 5.08. The van der Waals surface area contributed by atoms with Crippen molar-refractivity contribution in [2.45, 2.75) is 18.9 Å². The molecular weight excluding hydrogens is 768 g/mol. The van der Waals surface area contributed by atoms with Crippen LogP contribution in [0.25, 0.3) is 0 Å². The lowest BCUT2D eigenvalue weighted by Gasteiger charge is -2.24. The number of carboxylic acids is 1. The highest BCUT2D eigenvalue weighted by Gasteiger charge is 2.37. The molecule has 0 unspecified atom stereocenters. The Labute approximate surface area is 193 Å². The summed E-state index contributed by atoms with van der Waals surface area (Å²) in [6, 6.07) is -0.780. The molecule has 0 radical (unpaired) electrons. The largest absolute Gasteiger partial charge is 0.480 e. The van der Waals surface area contributed by atoms with E-state index in [-0.39, 0.29) is 11.8 Å². The minimum Gasteiger partial charge on any atom is -0.480 e. The van der Waals surface area contributed by atoms with Crippen LogP contribution in [-0.4, -0.2) is 47.4 Å². The normalized spacial score (nSPS) is 17.0. The van der Waals surface area contributed by atoms with E-state index in [1.807, 2.05) is 0 Å². The number of hydrogen-bond acceptors (Lipinski definition) is 3. The van der Waals surface area contributed by atoms with Crippen molar-refractivity contribution in [3.63, 3.8) is 0 Å². The lowest BCUT2D eigenvalue weighted by molar-refractivity contribution is -0.141. The van der Waals surface area contributed by atoms with Gasteiger partial charge in [-0.25, -0.2) is 4.79 Å². The smallest absolute Gasteiger partial charge is 0.326 e. The number of rotatable bonds is 3. The van der Waals surface area contributed by atoms with Gasteiger partial charge >= 0.3 is 5.97 Å². The summed E-state index contributed by atoms with van der Waals surface area (Å²) < 4.78 is 2.76. The quantitative estimate of drug-likeness (QED) is 0.365. The first-order chi connectivity index (χ1) is 11.2. The summed E-state index contributed by atoms with van der Waals surface area (Å²) in [5.41, 5.74) is 1.02. The van der Waals surface area contributed by atoms with E-state index in [4.69, 9.17) is 0 Å². The van der Waals surface area contributed by atoms with Crippen molar-refractivity contribution in [3.8, 4) is 0 Å². The molecule has 130 valence electrons. The summed E-state index contributed by atoms with van der Waals surface area (Å²) in [5, 5.41) is 11.9. The fourth-order valence-electron chi connectivity index (χ4n) is 2.55. The van der Waals surface area contributed by atoms with Gasteiger partial charge in [-0.05, 0) is 103 Å². The van der Waals surface area contributed by atoms with Crippen LogP contribution >= 0.6 is 90.4 Å². The zero-order valence-corrected chi connectivity index (χ0v) is 21.0. The van der Waals surface area contributed by atoms with Gasteiger partial charge in [0.05, 0.1) is 11.1 Å². The van der Waals surface area contributed by atoms with Gasteiger partial charge in [0.15, 0.2) is 0 Å². The van der Waals surface area contributed by atoms with E-state index in [1.165, 1.54) is 4.90 Å². The molecule has 1 heterocycles. The van der Waals surface area contributed by atoms with Crippen LogP contribution < -0.4 is 5.32 Å². The van der Waals surface area contributed by atoms with Crippen molar-refractivity contribution in [3.05, 3.63) is 25.4 Å².